The second-order valence-corrected chi connectivity index (χ2v) is 6.29. The quantitative estimate of drug-likeness (QED) is 0.836. The number of carbonyl (C=O) groups is 2. The van der Waals surface area contributed by atoms with Gasteiger partial charge in [-0.25, -0.2) is 0 Å². The molecule has 2 aliphatic rings. The van der Waals surface area contributed by atoms with Gasteiger partial charge in [0.1, 0.15) is 5.54 Å². The lowest BCUT2D eigenvalue weighted by Crippen LogP contribution is -2.53. The number of halogens is 3. The molecule has 1 aromatic carbocycles. The zero-order chi connectivity index (χ0) is 16.7. The molecule has 3 rings (SSSR count). The van der Waals surface area contributed by atoms with Gasteiger partial charge in [0.05, 0.1) is 5.56 Å². The average molecular weight is 325 g/mol. The van der Waals surface area contributed by atoms with Gasteiger partial charge < -0.3 is 4.90 Å². The van der Waals surface area contributed by atoms with Gasteiger partial charge in [0, 0.05) is 25.8 Å². The normalized spacial score (nSPS) is 25.4. The summed E-state index contributed by atoms with van der Waals surface area (Å²) >= 11 is 0. The Morgan fingerprint density at radius 2 is 1.83 bits per heavy atom. The molecule has 1 atom stereocenters. The van der Waals surface area contributed by atoms with E-state index >= 15 is 0 Å². The summed E-state index contributed by atoms with van der Waals surface area (Å²) < 4.78 is 39.7. The van der Waals surface area contributed by atoms with E-state index in [1.807, 2.05) is 0 Å². The van der Waals surface area contributed by atoms with Crippen molar-refractivity contribution in [1.82, 2.24) is 4.90 Å². The third-order valence-electron chi connectivity index (χ3n) is 4.91. The molecule has 0 aliphatic carbocycles. The van der Waals surface area contributed by atoms with Gasteiger partial charge in [-0.3, -0.25) is 9.59 Å². The summed E-state index contributed by atoms with van der Waals surface area (Å²) in [6.07, 6.45) is -2.36. The van der Waals surface area contributed by atoms with Crippen LogP contribution >= 0.6 is 0 Å². The van der Waals surface area contributed by atoms with Gasteiger partial charge in [-0.15, -0.1) is 0 Å². The number of rotatable bonds is 2. The van der Waals surface area contributed by atoms with E-state index in [0.717, 1.165) is 6.07 Å². The fourth-order valence-corrected chi connectivity index (χ4v) is 3.85. The summed E-state index contributed by atoms with van der Waals surface area (Å²) in [5.74, 6) is -0.212. The summed E-state index contributed by atoms with van der Waals surface area (Å²) in [7, 11) is 0. The Balaban J connectivity index is 2.03. The summed E-state index contributed by atoms with van der Waals surface area (Å²) in [6.45, 7) is 0.457. The molecule has 2 heterocycles. The van der Waals surface area contributed by atoms with E-state index in [9.17, 15) is 22.8 Å². The molecule has 0 bridgehead atoms. The molecule has 0 N–H and O–H groups in total. The van der Waals surface area contributed by atoms with Crippen LogP contribution in [0, 0.1) is 0 Å². The van der Waals surface area contributed by atoms with Crippen LogP contribution < -0.4 is 0 Å². The van der Waals surface area contributed by atoms with E-state index in [0.29, 0.717) is 32.2 Å². The second-order valence-electron chi connectivity index (χ2n) is 6.29. The lowest BCUT2D eigenvalue weighted by atomic mass is 9.82. The van der Waals surface area contributed by atoms with E-state index in [-0.39, 0.29) is 30.1 Å². The molecular weight excluding hydrogens is 307 g/mol. The van der Waals surface area contributed by atoms with Crippen molar-refractivity contribution in [3.63, 3.8) is 0 Å². The summed E-state index contributed by atoms with van der Waals surface area (Å²) in [4.78, 5) is 26.5. The van der Waals surface area contributed by atoms with Gasteiger partial charge in [0.2, 0.25) is 5.91 Å². The first-order chi connectivity index (χ1) is 10.8. The topological polar surface area (TPSA) is 37.4 Å². The highest BCUT2D eigenvalue weighted by atomic mass is 19.4. The number of nitrogens with zero attached hydrogens (tertiary/aromatic N) is 1. The maximum atomic E-state index is 13.2. The monoisotopic (exact) mass is 325 g/mol. The minimum absolute atomic E-state index is 0.0484. The number of ketones is 1. The van der Waals surface area contributed by atoms with Crippen LogP contribution in [0.4, 0.5) is 13.2 Å². The van der Waals surface area contributed by atoms with Gasteiger partial charge in [0.15, 0.2) is 5.78 Å². The van der Waals surface area contributed by atoms with Crippen molar-refractivity contribution in [1.29, 1.82) is 0 Å². The molecule has 0 radical (unpaired) electrons. The van der Waals surface area contributed by atoms with Gasteiger partial charge in [-0.1, -0.05) is 18.2 Å². The number of alkyl halides is 3. The van der Waals surface area contributed by atoms with Crippen molar-refractivity contribution < 1.29 is 22.8 Å². The Bertz CT molecular complexity index is 641. The van der Waals surface area contributed by atoms with E-state index in [1.165, 1.54) is 17.0 Å². The first-order valence-electron chi connectivity index (χ1n) is 7.83. The Labute approximate surface area is 132 Å². The van der Waals surface area contributed by atoms with Crippen molar-refractivity contribution in [3.8, 4) is 0 Å². The summed E-state index contributed by atoms with van der Waals surface area (Å²) in [5.41, 5.74) is -1.71. The van der Waals surface area contributed by atoms with Gasteiger partial charge >= 0.3 is 6.18 Å². The molecular formula is C17H18F3NO2. The van der Waals surface area contributed by atoms with Crippen LogP contribution in [0.5, 0.6) is 0 Å². The third-order valence-corrected chi connectivity index (χ3v) is 4.91. The van der Waals surface area contributed by atoms with Gasteiger partial charge in [-0.05, 0) is 30.9 Å². The molecule has 0 saturated carbocycles. The number of amides is 1. The van der Waals surface area contributed by atoms with Crippen molar-refractivity contribution in [2.24, 2.45) is 0 Å². The molecule has 2 aliphatic heterocycles. The number of hydrogen-bond acceptors (Lipinski definition) is 2. The zero-order valence-electron chi connectivity index (χ0n) is 12.7. The molecule has 1 amide bonds. The summed E-state index contributed by atoms with van der Waals surface area (Å²) in [6, 6.07) is 5.34. The standard InChI is InChI=1S/C17H18F3NO2/c18-17(19,20)13-6-2-1-5-12(13)11-16-9-4-10-21(16)15(23)8-3-7-14(16)22/h1-2,5-6H,3-4,7-11H2/t16-/m1/s1. The SMILES string of the molecule is O=C1CCCC(=O)[C@]2(Cc3ccccc3C(F)(F)F)CCCN12. The molecule has 0 aromatic heterocycles. The molecule has 23 heavy (non-hydrogen) atoms. The molecule has 0 spiro atoms. The van der Waals surface area contributed by atoms with Crippen molar-refractivity contribution in [2.75, 3.05) is 6.54 Å². The van der Waals surface area contributed by atoms with Crippen molar-refractivity contribution in [2.45, 2.75) is 50.2 Å². The van der Waals surface area contributed by atoms with Crippen LogP contribution in [0.15, 0.2) is 24.3 Å². The number of Topliss-reactive ketones (excluding diaryl/α,β-unsaturated/α-hetero) is 1. The molecule has 124 valence electrons. The van der Waals surface area contributed by atoms with Crippen LogP contribution in [0.1, 0.15) is 43.2 Å². The smallest absolute Gasteiger partial charge is 0.330 e. The van der Waals surface area contributed by atoms with Gasteiger partial charge in [0.25, 0.3) is 0 Å². The third kappa shape index (κ3) is 2.75. The number of carbonyl (C=O) groups excluding carboxylic acids is 2. The van der Waals surface area contributed by atoms with Crippen LogP contribution in [-0.4, -0.2) is 28.7 Å². The van der Waals surface area contributed by atoms with E-state index in [4.69, 9.17) is 0 Å². The highest BCUT2D eigenvalue weighted by molar-refractivity contribution is 5.95. The lowest BCUT2D eigenvalue weighted by molar-refractivity contribution is -0.142. The zero-order valence-corrected chi connectivity index (χ0v) is 12.7. The van der Waals surface area contributed by atoms with E-state index in [1.54, 1.807) is 6.07 Å². The fourth-order valence-electron chi connectivity index (χ4n) is 3.85. The van der Waals surface area contributed by atoms with Crippen molar-refractivity contribution >= 4 is 11.7 Å². The van der Waals surface area contributed by atoms with Crippen LogP contribution in [-0.2, 0) is 22.2 Å². The Kier molecular flexibility index (Phi) is 3.94. The maximum absolute atomic E-state index is 13.2. The highest BCUT2D eigenvalue weighted by Crippen LogP contribution is 2.40. The van der Waals surface area contributed by atoms with Crippen LogP contribution in [0.25, 0.3) is 0 Å². The average Bonchev–Trinajstić information content (AvgIpc) is 2.87. The van der Waals surface area contributed by atoms with E-state index in [2.05, 4.69) is 0 Å². The minimum atomic E-state index is -4.46. The first kappa shape index (κ1) is 16.0. The molecule has 1 aromatic rings. The van der Waals surface area contributed by atoms with Gasteiger partial charge in [-0.2, -0.15) is 13.2 Å². The summed E-state index contributed by atoms with van der Waals surface area (Å²) in [5, 5.41) is 0. The Morgan fingerprint density at radius 1 is 1.09 bits per heavy atom. The maximum Gasteiger partial charge on any atom is 0.416 e. The lowest BCUT2D eigenvalue weighted by Gasteiger charge is -2.36. The Morgan fingerprint density at radius 3 is 2.57 bits per heavy atom. The van der Waals surface area contributed by atoms with Crippen LogP contribution in [0.3, 0.4) is 0 Å². The Hall–Kier alpha value is -1.85. The fraction of sp³-hybridized carbons (Fsp3) is 0.529. The molecule has 0 unspecified atom stereocenters. The predicted molar refractivity (Wildman–Crippen MR) is 77.7 cm³/mol. The number of hydrogen-bond donors (Lipinski definition) is 0. The van der Waals surface area contributed by atoms with E-state index < -0.39 is 17.3 Å². The minimum Gasteiger partial charge on any atom is -0.330 e. The molecule has 6 heteroatoms. The number of benzene rings is 1. The largest absolute Gasteiger partial charge is 0.416 e. The molecule has 2 saturated heterocycles. The van der Waals surface area contributed by atoms with Crippen LogP contribution in [0.2, 0.25) is 0 Å². The predicted octanol–water partition coefficient (Wildman–Crippen LogP) is 3.36. The highest BCUT2D eigenvalue weighted by Gasteiger charge is 2.50. The van der Waals surface area contributed by atoms with Crippen molar-refractivity contribution in [3.05, 3.63) is 35.4 Å². The second kappa shape index (κ2) is 5.65. The molecule has 2 fully saturated rings. The number of fused-ring (bicyclic) bond motifs is 1. The first-order valence-corrected chi connectivity index (χ1v) is 7.83. The molecule has 3 nitrogen and oxygen atoms in total.